The van der Waals surface area contributed by atoms with Crippen LogP contribution in [0.1, 0.15) is 37.3 Å². The first kappa shape index (κ1) is 17.5. The van der Waals surface area contributed by atoms with Crippen LogP contribution in [0.3, 0.4) is 0 Å². The third-order valence-corrected chi connectivity index (χ3v) is 6.86. The smallest absolute Gasteiger partial charge is 0.136 e. The van der Waals surface area contributed by atoms with Gasteiger partial charge in [0.25, 0.3) is 0 Å². The fourth-order valence-corrected chi connectivity index (χ4v) is 5.15. The molecule has 0 saturated carbocycles. The summed E-state index contributed by atoms with van der Waals surface area (Å²) in [5.74, 6) is 0.517. The zero-order valence-corrected chi connectivity index (χ0v) is 17.6. The van der Waals surface area contributed by atoms with Gasteiger partial charge in [0.2, 0.25) is 0 Å². The van der Waals surface area contributed by atoms with Crippen LogP contribution >= 0.6 is 0 Å². The van der Waals surface area contributed by atoms with Crippen LogP contribution in [0.4, 0.5) is 0 Å². The summed E-state index contributed by atoms with van der Waals surface area (Å²) in [4.78, 5) is 0. The average molecular weight is 389 g/mol. The number of fused-ring (bicyclic) bond motifs is 9. The molecule has 1 unspecified atom stereocenters. The molecule has 146 valence electrons. The Kier molecular flexibility index (Phi) is 3.70. The Morgan fingerprint density at radius 1 is 0.667 bits per heavy atom. The van der Waals surface area contributed by atoms with E-state index in [-0.39, 0.29) is 0 Å². The molecule has 0 aliphatic carbocycles. The minimum absolute atomic E-state index is 0.517. The van der Waals surface area contributed by atoms with Crippen molar-refractivity contribution in [3.05, 3.63) is 83.9 Å². The van der Waals surface area contributed by atoms with E-state index < -0.39 is 0 Å². The molecular formula is C29H24O. The summed E-state index contributed by atoms with van der Waals surface area (Å²) < 4.78 is 6.24. The van der Waals surface area contributed by atoms with Gasteiger partial charge in [-0.05, 0) is 80.9 Å². The molecule has 1 heteroatoms. The normalized spacial score (nSPS) is 13.2. The maximum absolute atomic E-state index is 6.24. The third-order valence-electron chi connectivity index (χ3n) is 6.86. The highest BCUT2D eigenvalue weighted by molar-refractivity contribution is 6.29. The second-order valence-electron chi connectivity index (χ2n) is 8.57. The lowest BCUT2D eigenvalue weighted by Crippen LogP contribution is -1.95. The lowest BCUT2D eigenvalue weighted by Gasteiger charge is -2.18. The van der Waals surface area contributed by atoms with Gasteiger partial charge in [0, 0.05) is 10.8 Å². The number of furan rings is 1. The molecule has 0 bridgehead atoms. The molecule has 0 aliphatic heterocycles. The topological polar surface area (TPSA) is 13.1 Å². The molecule has 0 amide bonds. The Hall–Kier alpha value is -3.32. The van der Waals surface area contributed by atoms with Crippen molar-refractivity contribution in [2.45, 2.75) is 33.1 Å². The van der Waals surface area contributed by atoms with Gasteiger partial charge < -0.3 is 4.42 Å². The van der Waals surface area contributed by atoms with Crippen molar-refractivity contribution in [1.82, 2.24) is 0 Å². The zero-order chi connectivity index (χ0) is 20.4. The Bertz CT molecular complexity index is 1600. The van der Waals surface area contributed by atoms with E-state index in [1.165, 1.54) is 54.2 Å². The van der Waals surface area contributed by atoms with Crippen LogP contribution in [0.5, 0.6) is 0 Å². The van der Waals surface area contributed by atoms with E-state index in [0.717, 1.165) is 17.6 Å². The van der Waals surface area contributed by atoms with Crippen LogP contribution < -0.4 is 0 Å². The van der Waals surface area contributed by atoms with Crippen molar-refractivity contribution in [1.29, 1.82) is 0 Å². The second-order valence-corrected chi connectivity index (χ2v) is 8.57. The average Bonchev–Trinajstić information content (AvgIpc) is 3.14. The molecule has 1 heterocycles. The summed E-state index contributed by atoms with van der Waals surface area (Å²) in [7, 11) is 0. The Balaban J connectivity index is 1.92. The van der Waals surface area contributed by atoms with Crippen LogP contribution in [0, 0.1) is 6.92 Å². The predicted molar refractivity (Wildman–Crippen MR) is 130 cm³/mol. The summed E-state index contributed by atoms with van der Waals surface area (Å²) in [5, 5.41) is 10.4. The second kappa shape index (κ2) is 6.34. The highest BCUT2D eigenvalue weighted by Crippen LogP contribution is 2.43. The highest BCUT2D eigenvalue weighted by Gasteiger charge is 2.17. The summed E-state index contributed by atoms with van der Waals surface area (Å²) in [6.45, 7) is 6.86. The molecule has 0 saturated heterocycles. The van der Waals surface area contributed by atoms with E-state index in [9.17, 15) is 0 Å². The van der Waals surface area contributed by atoms with Crippen molar-refractivity contribution in [2.75, 3.05) is 0 Å². The number of para-hydroxylation sites is 1. The van der Waals surface area contributed by atoms with Gasteiger partial charge in [0.1, 0.15) is 11.2 Å². The molecule has 5 aromatic carbocycles. The molecule has 0 radical (unpaired) electrons. The van der Waals surface area contributed by atoms with E-state index in [4.69, 9.17) is 4.42 Å². The molecule has 0 aliphatic rings. The lowest BCUT2D eigenvalue weighted by molar-refractivity contribution is 0.669. The maximum atomic E-state index is 6.24. The van der Waals surface area contributed by atoms with Gasteiger partial charge >= 0.3 is 0 Å². The van der Waals surface area contributed by atoms with Crippen molar-refractivity contribution in [2.24, 2.45) is 0 Å². The summed E-state index contributed by atoms with van der Waals surface area (Å²) in [6.07, 6.45) is 1.13. The molecule has 0 spiro atoms. The summed E-state index contributed by atoms with van der Waals surface area (Å²) in [5.41, 5.74) is 4.70. The van der Waals surface area contributed by atoms with Gasteiger partial charge in [-0.3, -0.25) is 0 Å². The fourth-order valence-electron chi connectivity index (χ4n) is 5.15. The molecule has 6 aromatic rings. The molecule has 6 rings (SSSR count). The number of hydrogen-bond acceptors (Lipinski definition) is 1. The number of benzene rings is 5. The van der Waals surface area contributed by atoms with Crippen LogP contribution in [0.15, 0.2) is 77.2 Å². The summed E-state index contributed by atoms with van der Waals surface area (Å²) >= 11 is 0. The maximum Gasteiger partial charge on any atom is 0.136 e. The molecule has 1 aromatic heterocycles. The Morgan fingerprint density at radius 3 is 2.20 bits per heavy atom. The summed E-state index contributed by atoms with van der Waals surface area (Å²) in [6, 6.07) is 26.5. The third kappa shape index (κ3) is 2.29. The van der Waals surface area contributed by atoms with Crippen LogP contribution in [0.25, 0.3) is 54.3 Å². The monoisotopic (exact) mass is 388 g/mol. The van der Waals surface area contributed by atoms with Gasteiger partial charge in [-0.2, -0.15) is 0 Å². The number of hydrogen-bond donors (Lipinski definition) is 0. The van der Waals surface area contributed by atoms with E-state index in [1.54, 1.807) is 0 Å². The van der Waals surface area contributed by atoms with Crippen molar-refractivity contribution < 1.29 is 4.42 Å². The largest absolute Gasteiger partial charge is 0.456 e. The van der Waals surface area contributed by atoms with E-state index in [1.807, 2.05) is 6.07 Å². The van der Waals surface area contributed by atoms with Gasteiger partial charge in [-0.1, -0.05) is 68.4 Å². The minimum Gasteiger partial charge on any atom is -0.456 e. The number of aryl methyl sites for hydroxylation is 1. The fraction of sp³-hybridized carbons (Fsp3) is 0.172. The molecular weight excluding hydrogens is 364 g/mol. The lowest BCUT2D eigenvalue weighted by atomic mass is 9.85. The first-order valence-electron chi connectivity index (χ1n) is 10.9. The quantitative estimate of drug-likeness (QED) is 0.270. The zero-order valence-electron chi connectivity index (χ0n) is 17.6. The van der Waals surface area contributed by atoms with E-state index >= 15 is 0 Å². The first-order valence-corrected chi connectivity index (χ1v) is 10.9. The Morgan fingerprint density at radius 2 is 1.37 bits per heavy atom. The minimum atomic E-state index is 0.517. The van der Waals surface area contributed by atoms with Crippen molar-refractivity contribution >= 4 is 54.3 Å². The van der Waals surface area contributed by atoms with Crippen LogP contribution in [0.2, 0.25) is 0 Å². The predicted octanol–water partition coefficient (Wildman–Crippen LogP) is 8.87. The van der Waals surface area contributed by atoms with Crippen LogP contribution in [-0.4, -0.2) is 0 Å². The van der Waals surface area contributed by atoms with Gasteiger partial charge in [-0.25, -0.2) is 0 Å². The van der Waals surface area contributed by atoms with Gasteiger partial charge in [0.15, 0.2) is 0 Å². The highest BCUT2D eigenvalue weighted by atomic mass is 16.3. The number of rotatable bonds is 2. The Labute approximate surface area is 175 Å². The standard InChI is InChI=1S/C29H24O/c1-4-17(2)19-11-8-13-22-24-16-27-25(20-10-5-6-14-26(20)30-27)15-23(24)21-12-7-9-18(3)28(21)29(19)22/h5-17H,4H2,1-3H3. The molecule has 1 nitrogen and oxygen atoms in total. The van der Waals surface area contributed by atoms with E-state index in [2.05, 4.69) is 87.5 Å². The van der Waals surface area contributed by atoms with Crippen molar-refractivity contribution in [3.8, 4) is 0 Å². The first-order chi connectivity index (χ1) is 14.7. The van der Waals surface area contributed by atoms with Crippen LogP contribution in [-0.2, 0) is 0 Å². The molecule has 0 fully saturated rings. The molecule has 30 heavy (non-hydrogen) atoms. The van der Waals surface area contributed by atoms with Gasteiger partial charge in [-0.15, -0.1) is 0 Å². The molecule has 0 N–H and O–H groups in total. The van der Waals surface area contributed by atoms with E-state index in [0.29, 0.717) is 5.92 Å². The van der Waals surface area contributed by atoms with Gasteiger partial charge in [0.05, 0.1) is 0 Å². The van der Waals surface area contributed by atoms with Crippen molar-refractivity contribution in [3.63, 3.8) is 0 Å². The molecule has 1 atom stereocenters. The SMILES string of the molecule is CCC(C)c1cccc2c3cc4oc5ccccc5c4cc3c3cccc(C)c3c12.